The predicted molar refractivity (Wildman–Crippen MR) is 133 cm³/mol. The van der Waals surface area contributed by atoms with Crippen LogP contribution in [0.1, 0.15) is 11.1 Å². The van der Waals surface area contributed by atoms with Crippen LogP contribution in [-0.2, 0) is 6.42 Å². The molecule has 2 aromatic rings. The number of hydrogen-bond acceptors (Lipinski definition) is 6. The molecular formula is C25H30N6O. The minimum Gasteiger partial charge on any atom is -0.495 e. The summed E-state index contributed by atoms with van der Waals surface area (Å²) in [6.07, 6.45) is 3.83. The molecule has 0 saturated carbocycles. The third-order valence-electron chi connectivity index (χ3n) is 5.41. The number of nitrogens with zero attached hydrogens (tertiary/aromatic N) is 5. The Balaban J connectivity index is 1.72. The van der Waals surface area contributed by atoms with Crippen molar-refractivity contribution >= 4 is 29.6 Å². The number of nitrogens with one attached hydrogen (secondary N) is 1. The van der Waals surface area contributed by atoms with Crippen LogP contribution in [-0.4, -0.2) is 57.8 Å². The molecule has 0 aliphatic carbocycles. The Morgan fingerprint density at radius 3 is 2.69 bits per heavy atom. The first-order valence-corrected chi connectivity index (χ1v) is 10.6. The van der Waals surface area contributed by atoms with Gasteiger partial charge in [0.2, 0.25) is 0 Å². The van der Waals surface area contributed by atoms with Gasteiger partial charge in [-0.2, -0.15) is 5.26 Å². The molecule has 1 fully saturated rings. The van der Waals surface area contributed by atoms with Crippen LogP contribution in [0.3, 0.4) is 0 Å². The number of likely N-dealkylation sites (N-methyl/N-ethyl adjacent to an activating group) is 1. The Morgan fingerprint density at radius 2 is 2.00 bits per heavy atom. The first-order chi connectivity index (χ1) is 15.5. The average Bonchev–Trinajstić information content (AvgIpc) is 2.80. The summed E-state index contributed by atoms with van der Waals surface area (Å²) in [5.74, 6) is 1.30. The number of aryl methyl sites for hydroxylation is 1. The second-order valence-electron chi connectivity index (χ2n) is 7.75. The van der Waals surface area contributed by atoms with Crippen LogP contribution in [0.2, 0.25) is 0 Å². The van der Waals surface area contributed by atoms with E-state index >= 15 is 0 Å². The van der Waals surface area contributed by atoms with Gasteiger partial charge in [0.05, 0.1) is 31.0 Å². The molecule has 7 heteroatoms. The van der Waals surface area contributed by atoms with Crippen molar-refractivity contribution in [2.24, 2.45) is 9.98 Å². The van der Waals surface area contributed by atoms with E-state index in [1.54, 1.807) is 19.4 Å². The summed E-state index contributed by atoms with van der Waals surface area (Å²) in [6, 6.07) is 14.1. The molecule has 2 aromatic carbocycles. The van der Waals surface area contributed by atoms with Gasteiger partial charge in [0.1, 0.15) is 5.75 Å². The van der Waals surface area contributed by atoms with Gasteiger partial charge in [0.15, 0.2) is 5.84 Å². The summed E-state index contributed by atoms with van der Waals surface area (Å²) in [4.78, 5) is 13.2. The highest BCUT2D eigenvalue weighted by Crippen LogP contribution is 2.32. The summed E-state index contributed by atoms with van der Waals surface area (Å²) in [6.45, 7) is 9.66. The van der Waals surface area contributed by atoms with Gasteiger partial charge in [-0.15, -0.1) is 0 Å². The Kier molecular flexibility index (Phi) is 8.01. The summed E-state index contributed by atoms with van der Waals surface area (Å²) < 4.78 is 5.64. The molecule has 0 aromatic heterocycles. The van der Waals surface area contributed by atoms with Crippen molar-refractivity contribution in [2.75, 3.05) is 50.6 Å². The summed E-state index contributed by atoms with van der Waals surface area (Å²) in [5, 5.41) is 12.3. The molecule has 166 valence electrons. The summed E-state index contributed by atoms with van der Waals surface area (Å²) in [7, 11) is 3.84. The number of anilines is 2. The van der Waals surface area contributed by atoms with E-state index in [-0.39, 0.29) is 0 Å². The molecule has 1 heterocycles. The molecule has 0 spiro atoms. The number of piperazine rings is 1. The van der Waals surface area contributed by atoms with E-state index in [1.807, 2.05) is 37.3 Å². The summed E-state index contributed by atoms with van der Waals surface area (Å²) in [5.41, 5.74) is 4.70. The maximum absolute atomic E-state index is 9.08. The van der Waals surface area contributed by atoms with Crippen molar-refractivity contribution in [3.05, 3.63) is 59.8 Å². The zero-order valence-electron chi connectivity index (χ0n) is 19.0. The predicted octanol–water partition coefficient (Wildman–Crippen LogP) is 4.18. The molecular weight excluding hydrogens is 400 g/mol. The lowest BCUT2D eigenvalue weighted by molar-refractivity contribution is 0.311. The van der Waals surface area contributed by atoms with Crippen LogP contribution in [0.5, 0.6) is 5.75 Å². The van der Waals surface area contributed by atoms with Gasteiger partial charge in [0.25, 0.3) is 0 Å². The smallest absolute Gasteiger partial charge is 0.153 e. The average molecular weight is 431 g/mol. The number of ether oxygens (including phenoxy) is 1. The standard InChI is InChI=1S/C25H30N6O/c1-19-5-7-22(20(17-19)9-11-26)29-25(27-2)10-12-28-21-6-8-23(24(18-21)32-4)31-15-13-30(3)14-16-31/h5-8,10,12,17-18,28H,2,9,13-16H2,1,3-4H3. The molecule has 1 aliphatic heterocycles. The van der Waals surface area contributed by atoms with Crippen LogP contribution in [0.4, 0.5) is 17.1 Å². The van der Waals surface area contributed by atoms with E-state index in [4.69, 9.17) is 10.00 Å². The quantitative estimate of drug-likeness (QED) is 0.527. The van der Waals surface area contributed by atoms with Crippen LogP contribution >= 0.6 is 0 Å². The monoisotopic (exact) mass is 430 g/mol. The lowest BCUT2D eigenvalue weighted by atomic mass is 10.1. The first kappa shape index (κ1) is 23.0. The lowest BCUT2D eigenvalue weighted by Crippen LogP contribution is -2.44. The SMILES string of the molecule is C=NC(C=CNc1ccc(N2CCN(C)CC2)c(OC)c1)=Nc1ccc(C)cc1CC#N. The number of rotatable bonds is 7. The van der Waals surface area contributed by atoms with Crippen LogP contribution < -0.4 is 15.0 Å². The van der Waals surface area contributed by atoms with Gasteiger partial charge in [-0.3, -0.25) is 0 Å². The largest absolute Gasteiger partial charge is 0.495 e. The van der Waals surface area contributed by atoms with Gasteiger partial charge in [-0.25, -0.2) is 9.98 Å². The van der Waals surface area contributed by atoms with Crippen molar-refractivity contribution in [2.45, 2.75) is 13.3 Å². The molecule has 3 rings (SSSR count). The second kappa shape index (κ2) is 11.1. The van der Waals surface area contributed by atoms with Crippen molar-refractivity contribution in [1.29, 1.82) is 5.26 Å². The van der Waals surface area contributed by atoms with E-state index in [2.05, 4.69) is 51.0 Å². The fourth-order valence-electron chi connectivity index (χ4n) is 3.59. The highest BCUT2D eigenvalue weighted by Gasteiger charge is 2.17. The van der Waals surface area contributed by atoms with Crippen molar-refractivity contribution in [1.82, 2.24) is 4.90 Å². The molecule has 0 bridgehead atoms. The maximum atomic E-state index is 9.08. The minimum absolute atomic E-state index is 0.298. The third-order valence-corrected chi connectivity index (χ3v) is 5.41. The zero-order chi connectivity index (χ0) is 22.9. The maximum Gasteiger partial charge on any atom is 0.153 e. The normalized spacial score (nSPS) is 14.9. The number of hydrogen-bond donors (Lipinski definition) is 1. The van der Waals surface area contributed by atoms with Gasteiger partial charge >= 0.3 is 0 Å². The Morgan fingerprint density at radius 1 is 1.22 bits per heavy atom. The molecule has 0 amide bonds. The second-order valence-corrected chi connectivity index (χ2v) is 7.75. The van der Waals surface area contributed by atoms with Gasteiger partial charge in [-0.05, 0) is 50.5 Å². The third kappa shape index (κ3) is 5.96. The van der Waals surface area contributed by atoms with Gasteiger partial charge in [-0.1, -0.05) is 17.7 Å². The van der Waals surface area contributed by atoms with E-state index in [0.29, 0.717) is 12.3 Å². The number of benzene rings is 2. The van der Waals surface area contributed by atoms with E-state index in [9.17, 15) is 0 Å². The molecule has 0 radical (unpaired) electrons. The van der Waals surface area contributed by atoms with Crippen LogP contribution in [0.25, 0.3) is 0 Å². The van der Waals surface area contributed by atoms with Crippen LogP contribution in [0.15, 0.2) is 58.7 Å². The van der Waals surface area contributed by atoms with Crippen molar-refractivity contribution in [3.63, 3.8) is 0 Å². The topological polar surface area (TPSA) is 76.2 Å². The Labute approximate surface area is 190 Å². The Bertz CT molecular complexity index is 1040. The number of nitriles is 1. The zero-order valence-corrected chi connectivity index (χ0v) is 19.0. The molecule has 0 atom stereocenters. The van der Waals surface area contributed by atoms with Crippen molar-refractivity contribution < 1.29 is 4.74 Å². The van der Waals surface area contributed by atoms with E-state index < -0.39 is 0 Å². The molecule has 32 heavy (non-hydrogen) atoms. The van der Waals surface area contributed by atoms with Gasteiger partial charge < -0.3 is 19.9 Å². The molecule has 1 aliphatic rings. The van der Waals surface area contributed by atoms with Gasteiger partial charge in [0, 0.05) is 44.1 Å². The lowest BCUT2D eigenvalue weighted by Gasteiger charge is -2.34. The summed E-state index contributed by atoms with van der Waals surface area (Å²) >= 11 is 0. The molecule has 1 N–H and O–H groups in total. The van der Waals surface area contributed by atoms with Crippen LogP contribution in [0, 0.1) is 18.3 Å². The molecule has 1 saturated heterocycles. The highest BCUT2D eigenvalue weighted by molar-refractivity contribution is 5.98. The highest BCUT2D eigenvalue weighted by atomic mass is 16.5. The number of amidine groups is 1. The van der Waals surface area contributed by atoms with E-state index in [1.165, 1.54) is 0 Å². The molecule has 0 unspecified atom stereocenters. The number of aliphatic imine (C=N–C) groups is 2. The fourth-order valence-corrected chi connectivity index (χ4v) is 3.59. The fraction of sp³-hybridized carbons (Fsp3) is 0.320. The Hall–Kier alpha value is -3.63. The number of methoxy groups -OCH3 is 1. The molecule has 7 nitrogen and oxygen atoms in total. The first-order valence-electron chi connectivity index (χ1n) is 10.6. The minimum atomic E-state index is 0.298. The van der Waals surface area contributed by atoms with E-state index in [0.717, 1.165) is 60.1 Å². The van der Waals surface area contributed by atoms with Crippen molar-refractivity contribution in [3.8, 4) is 11.8 Å².